The quantitative estimate of drug-likeness (QED) is 0.903. The first-order valence-electron chi connectivity index (χ1n) is 6.09. The van der Waals surface area contributed by atoms with Crippen LogP contribution in [0.3, 0.4) is 0 Å². The summed E-state index contributed by atoms with van der Waals surface area (Å²) in [4.78, 5) is -0.124. The summed E-state index contributed by atoms with van der Waals surface area (Å²) in [6.45, 7) is 6.94. The highest BCUT2D eigenvalue weighted by Crippen LogP contribution is 2.30. The molecule has 0 saturated carbocycles. The van der Waals surface area contributed by atoms with E-state index in [2.05, 4.69) is 4.72 Å². The molecule has 0 aliphatic rings. The third-order valence-electron chi connectivity index (χ3n) is 2.62. The van der Waals surface area contributed by atoms with Crippen molar-refractivity contribution in [2.24, 2.45) is 0 Å². The van der Waals surface area contributed by atoms with Crippen molar-refractivity contribution in [2.75, 3.05) is 0 Å². The van der Waals surface area contributed by atoms with Gasteiger partial charge in [-0.25, -0.2) is 21.9 Å². The van der Waals surface area contributed by atoms with Crippen LogP contribution in [-0.4, -0.2) is 14.5 Å². The van der Waals surface area contributed by atoms with Crippen LogP contribution >= 0.6 is 0 Å². The average Bonchev–Trinajstić information content (AvgIpc) is 2.26. The van der Waals surface area contributed by atoms with Gasteiger partial charge in [-0.05, 0) is 37.5 Å². The van der Waals surface area contributed by atoms with Gasteiger partial charge in [0.15, 0.2) is 0 Å². The summed E-state index contributed by atoms with van der Waals surface area (Å²) in [6, 6.07) is 3.60. The van der Waals surface area contributed by atoms with Gasteiger partial charge in [0.1, 0.15) is 0 Å². The van der Waals surface area contributed by atoms with E-state index >= 15 is 0 Å². The van der Waals surface area contributed by atoms with E-state index in [-0.39, 0.29) is 22.4 Å². The largest absolute Gasteiger partial charge is 0.264 e. The number of benzene rings is 1. The van der Waals surface area contributed by atoms with Gasteiger partial charge in [0, 0.05) is 11.6 Å². The lowest BCUT2D eigenvalue weighted by molar-refractivity contribution is 0.149. The number of rotatable bonds is 5. The zero-order valence-electron chi connectivity index (χ0n) is 11.4. The standard InChI is InChI=1S/C13H19F2NO2S/c1-8(2)11-6-5-10(7-12(11)13(14)15)19(17,18)16-9(3)4/h5-9,13,16H,1-4H3. The van der Waals surface area contributed by atoms with Gasteiger partial charge in [-0.15, -0.1) is 0 Å². The fourth-order valence-electron chi connectivity index (χ4n) is 1.81. The third-order valence-corrected chi connectivity index (χ3v) is 4.27. The third kappa shape index (κ3) is 3.98. The Morgan fingerprint density at radius 3 is 2.05 bits per heavy atom. The van der Waals surface area contributed by atoms with Crippen molar-refractivity contribution in [1.82, 2.24) is 4.72 Å². The molecule has 0 unspecified atom stereocenters. The first-order valence-corrected chi connectivity index (χ1v) is 7.57. The molecule has 0 spiro atoms. The summed E-state index contributed by atoms with van der Waals surface area (Å²) in [7, 11) is -3.74. The average molecular weight is 291 g/mol. The van der Waals surface area contributed by atoms with Crippen molar-refractivity contribution in [2.45, 2.75) is 51.0 Å². The fraction of sp³-hybridized carbons (Fsp3) is 0.538. The molecule has 3 nitrogen and oxygen atoms in total. The molecule has 0 atom stereocenters. The lowest BCUT2D eigenvalue weighted by Crippen LogP contribution is -2.30. The van der Waals surface area contributed by atoms with E-state index in [9.17, 15) is 17.2 Å². The molecule has 1 N–H and O–H groups in total. The minimum absolute atomic E-state index is 0.0844. The second-order valence-electron chi connectivity index (χ2n) is 5.02. The van der Waals surface area contributed by atoms with Gasteiger partial charge in [0.05, 0.1) is 4.90 Å². The van der Waals surface area contributed by atoms with Crippen molar-refractivity contribution < 1.29 is 17.2 Å². The molecule has 0 radical (unpaired) electrons. The van der Waals surface area contributed by atoms with E-state index in [0.717, 1.165) is 6.07 Å². The number of halogens is 2. The van der Waals surface area contributed by atoms with Crippen molar-refractivity contribution in [3.8, 4) is 0 Å². The Morgan fingerprint density at radius 1 is 1.05 bits per heavy atom. The van der Waals surface area contributed by atoms with Gasteiger partial charge in [-0.3, -0.25) is 0 Å². The molecule has 1 aromatic rings. The van der Waals surface area contributed by atoms with Crippen LogP contribution in [0.4, 0.5) is 8.78 Å². The number of hydrogen-bond acceptors (Lipinski definition) is 2. The Kier molecular flexibility index (Phi) is 5.04. The van der Waals surface area contributed by atoms with E-state index < -0.39 is 16.4 Å². The van der Waals surface area contributed by atoms with Gasteiger partial charge < -0.3 is 0 Å². The van der Waals surface area contributed by atoms with E-state index in [0.29, 0.717) is 5.56 Å². The van der Waals surface area contributed by atoms with Crippen LogP contribution < -0.4 is 4.72 Å². The Balaban J connectivity index is 3.30. The predicted octanol–water partition coefficient (Wildman–Crippen LogP) is 3.43. The van der Waals surface area contributed by atoms with Crippen molar-refractivity contribution in [3.05, 3.63) is 29.3 Å². The van der Waals surface area contributed by atoms with Crippen LogP contribution in [0.25, 0.3) is 0 Å². The minimum atomic E-state index is -3.74. The van der Waals surface area contributed by atoms with E-state index in [1.165, 1.54) is 12.1 Å². The highest BCUT2D eigenvalue weighted by molar-refractivity contribution is 7.89. The van der Waals surface area contributed by atoms with Gasteiger partial charge in [-0.1, -0.05) is 19.9 Å². The number of sulfonamides is 1. The minimum Gasteiger partial charge on any atom is -0.209 e. The van der Waals surface area contributed by atoms with Gasteiger partial charge in [0.2, 0.25) is 10.0 Å². The molecule has 19 heavy (non-hydrogen) atoms. The predicted molar refractivity (Wildman–Crippen MR) is 70.9 cm³/mol. The molecule has 0 saturated heterocycles. The fourth-order valence-corrected chi connectivity index (χ4v) is 3.10. The van der Waals surface area contributed by atoms with Gasteiger partial charge in [0.25, 0.3) is 6.43 Å². The summed E-state index contributed by atoms with van der Waals surface area (Å²) in [5.74, 6) is -0.0844. The summed E-state index contributed by atoms with van der Waals surface area (Å²) < 4.78 is 52.3. The maximum atomic E-state index is 13.0. The van der Waals surface area contributed by atoms with Gasteiger partial charge in [-0.2, -0.15) is 0 Å². The summed E-state index contributed by atoms with van der Waals surface area (Å²) in [6.07, 6.45) is -2.69. The molecule has 108 valence electrons. The second kappa shape index (κ2) is 5.96. The Morgan fingerprint density at radius 2 is 1.63 bits per heavy atom. The summed E-state index contributed by atoms with van der Waals surface area (Å²) >= 11 is 0. The van der Waals surface area contributed by atoms with E-state index in [1.54, 1.807) is 27.7 Å². The SMILES string of the molecule is CC(C)NS(=O)(=O)c1ccc(C(C)C)c(C(F)F)c1. The molecule has 0 bridgehead atoms. The summed E-state index contributed by atoms with van der Waals surface area (Å²) in [5, 5.41) is 0. The van der Waals surface area contributed by atoms with Crippen LogP contribution in [0.2, 0.25) is 0 Å². The number of hydrogen-bond donors (Lipinski definition) is 1. The van der Waals surface area contributed by atoms with Gasteiger partial charge >= 0.3 is 0 Å². The van der Waals surface area contributed by atoms with Crippen molar-refractivity contribution in [1.29, 1.82) is 0 Å². The maximum absolute atomic E-state index is 13.0. The molecule has 0 fully saturated rings. The maximum Gasteiger partial charge on any atom is 0.264 e. The first kappa shape index (κ1) is 16.0. The number of alkyl halides is 2. The lowest BCUT2D eigenvalue weighted by Gasteiger charge is -2.15. The smallest absolute Gasteiger partial charge is 0.209 e. The molecule has 0 aliphatic heterocycles. The normalized spacial score (nSPS) is 12.7. The van der Waals surface area contributed by atoms with Crippen LogP contribution in [0.1, 0.15) is 51.2 Å². The van der Waals surface area contributed by atoms with Crippen molar-refractivity contribution in [3.63, 3.8) is 0 Å². The van der Waals surface area contributed by atoms with Crippen molar-refractivity contribution >= 4 is 10.0 Å². The van der Waals surface area contributed by atoms with E-state index in [4.69, 9.17) is 0 Å². The monoisotopic (exact) mass is 291 g/mol. The summed E-state index contributed by atoms with van der Waals surface area (Å²) in [5.41, 5.74) is 0.250. The molecule has 0 aromatic heterocycles. The zero-order valence-corrected chi connectivity index (χ0v) is 12.3. The zero-order chi connectivity index (χ0) is 14.8. The molecular weight excluding hydrogens is 272 g/mol. The first-order chi connectivity index (χ1) is 8.65. The van der Waals surface area contributed by atoms with Crippen LogP contribution in [0.15, 0.2) is 23.1 Å². The van der Waals surface area contributed by atoms with Crippen LogP contribution in [-0.2, 0) is 10.0 Å². The second-order valence-corrected chi connectivity index (χ2v) is 6.74. The highest BCUT2D eigenvalue weighted by Gasteiger charge is 2.21. The molecule has 0 heterocycles. The molecule has 6 heteroatoms. The molecule has 1 rings (SSSR count). The number of nitrogens with one attached hydrogen (secondary N) is 1. The molecule has 0 amide bonds. The molecule has 1 aromatic carbocycles. The Hall–Kier alpha value is -1.01. The molecular formula is C13H19F2NO2S. The van der Waals surface area contributed by atoms with Crippen LogP contribution in [0, 0.1) is 0 Å². The Bertz CT molecular complexity index is 540. The Labute approximate surface area is 113 Å². The molecule has 0 aliphatic carbocycles. The topological polar surface area (TPSA) is 46.2 Å². The van der Waals surface area contributed by atoms with Crippen LogP contribution in [0.5, 0.6) is 0 Å². The lowest BCUT2D eigenvalue weighted by atomic mass is 9.97. The highest BCUT2D eigenvalue weighted by atomic mass is 32.2. The van der Waals surface area contributed by atoms with E-state index in [1.807, 2.05) is 0 Å².